The Bertz CT molecular complexity index is 927. The molecule has 0 fully saturated rings. The summed E-state index contributed by atoms with van der Waals surface area (Å²) in [5.74, 6) is -1.34. The second kappa shape index (κ2) is 7.66. The lowest BCUT2D eigenvalue weighted by molar-refractivity contribution is 0.0474. The number of hydrogen-bond donors (Lipinski definition) is 0. The van der Waals surface area contributed by atoms with Gasteiger partial charge in [-0.3, -0.25) is 4.79 Å². The monoisotopic (exact) mass is 371 g/mol. The van der Waals surface area contributed by atoms with Crippen molar-refractivity contribution in [3.63, 3.8) is 0 Å². The van der Waals surface area contributed by atoms with E-state index in [1.165, 1.54) is 29.1 Å². The molecule has 1 aromatic carbocycles. The normalized spacial score (nSPS) is 10.7. The Morgan fingerprint density at radius 1 is 1.15 bits per heavy atom. The summed E-state index contributed by atoms with van der Waals surface area (Å²) in [7, 11) is 0. The lowest BCUT2D eigenvalue weighted by Crippen LogP contribution is -2.15. The van der Waals surface area contributed by atoms with Crippen molar-refractivity contribution in [2.45, 2.75) is 20.4 Å². The van der Waals surface area contributed by atoms with E-state index >= 15 is 0 Å². The minimum Gasteiger partial charge on any atom is -0.454 e. The molecule has 0 unspecified atom stereocenters. The Balaban J connectivity index is 1.68. The van der Waals surface area contributed by atoms with Gasteiger partial charge >= 0.3 is 5.97 Å². The molecular weight excluding hydrogens is 353 g/mol. The van der Waals surface area contributed by atoms with Crippen LogP contribution in [0.5, 0.6) is 0 Å². The maximum atomic E-state index is 12.9. The van der Waals surface area contributed by atoms with E-state index in [1.54, 1.807) is 11.3 Å². The molecular formula is C20H18FNO3S. The van der Waals surface area contributed by atoms with Gasteiger partial charge in [-0.25, -0.2) is 9.18 Å². The molecule has 0 radical (unpaired) electrons. The molecule has 3 aromatic rings. The van der Waals surface area contributed by atoms with Crippen molar-refractivity contribution >= 4 is 23.1 Å². The fourth-order valence-electron chi connectivity index (χ4n) is 2.76. The van der Waals surface area contributed by atoms with E-state index in [9.17, 15) is 14.0 Å². The van der Waals surface area contributed by atoms with Crippen LogP contribution in [0.25, 0.3) is 0 Å². The third-order valence-electron chi connectivity index (χ3n) is 4.18. The molecule has 0 N–H and O–H groups in total. The van der Waals surface area contributed by atoms with E-state index in [4.69, 9.17) is 4.74 Å². The maximum absolute atomic E-state index is 12.9. The predicted molar refractivity (Wildman–Crippen MR) is 98.3 cm³/mol. The highest BCUT2D eigenvalue weighted by Gasteiger charge is 2.18. The summed E-state index contributed by atoms with van der Waals surface area (Å²) in [5, 5.41) is 2.02. The number of aromatic nitrogens is 1. The average molecular weight is 371 g/mol. The molecule has 0 spiro atoms. The van der Waals surface area contributed by atoms with E-state index in [-0.39, 0.29) is 18.0 Å². The number of esters is 1. The van der Waals surface area contributed by atoms with Gasteiger partial charge in [-0.15, -0.1) is 11.3 Å². The van der Waals surface area contributed by atoms with Crippen molar-refractivity contribution in [3.8, 4) is 0 Å². The second-order valence-electron chi connectivity index (χ2n) is 5.96. The van der Waals surface area contributed by atoms with Gasteiger partial charge in [0.05, 0.1) is 12.1 Å². The van der Waals surface area contributed by atoms with Crippen molar-refractivity contribution in [2.24, 2.45) is 0 Å². The minimum absolute atomic E-state index is 0.211. The first-order valence-corrected chi connectivity index (χ1v) is 8.98. The van der Waals surface area contributed by atoms with Gasteiger partial charge in [0.25, 0.3) is 0 Å². The van der Waals surface area contributed by atoms with Crippen molar-refractivity contribution in [3.05, 3.63) is 81.1 Å². The Morgan fingerprint density at radius 2 is 1.88 bits per heavy atom. The molecule has 0 saturated heterocycles. The molecule has 0 aliphatic carbocycles. The van der Waals surface area contributed by atoms with E-state index in [1.807, 2.05) is 31.4 Å². The number of rotatable bonds is 6. The standard InChI is InChI=1S/C20H18FNO3S/c1-13-10-18(14(2)22(13)11-17-4-3-9-26-17)19(23)12-25-20(24)15-5-7-16(21)8-6-15/h3-10H,11-12H2,1-2H3. The minimum atomic E-state index is -0.647. The summed E-state index contributed by atoms with van der Waals surface area (Å²) in [6.45, 7) is 4.19. The van der Waals surface area contributed by atoms with Crippen LogP contribution in [0.1, 0.15) is 37.0 Å². The van der Waals surface area contributed by atoms with Crippen molar-refractivity contribution < 1.29 is 18.7 Å². The first-order valence-electron chi connectivity index (χ1n) is 8.10. The van der Waals surface area contributed by atoms with Crippen LogP contribution in [0.15, 0.2) is 47.8 Å². The van der Waals surface area contributed by atoms with Crippen LogP contribution >= 0.6 is 11.3 Å². The number of nitrogens with zero attached hydrogens (tertiary/aromatic N) is 1. The van der Waals surface area contributed by atoms with Gasteiger partial charge in [0, 0.05) is 21.8 Å². The van der Waals surface area contributed by atoms with Gasteiger partial charge in [0.1, 0.15) is 5.82 Å². The summed E-state index contributed by atoms with van der Waals surface area (Å²) in [5.41, 5.74) is 2.58. The number of thiophene rings is 1. The van der Waals surface area contributed by atoms with Crippen LogP contribution < -0.4 is 0 Å². The molecule has 26 heavy (non-hydrogen) atoms. The number of hydrogen-bond acceptors (Lipinski definition) is 4. The highest BCUT2D eigenvalue weighted by atomic mass is 32.1. The summed E-state index contributed by atoms with van der Waals surface area (Å²) < 4.78 is 20.0. The third-order valence-corrected chi connectivity index (χ3v) is 5.04. The van der Waals surface area contributed by atoms with Crippen molar-refractivity contribution in [1.29, 1.82) is 0 Å². The van der Waals surface area contributed by atoms with Crippen LogP contribution in [0.2, 0.25) is 0 Å². The van der Waals surface area contributed by atoms with Crippen LogP contribution in [0.3, 0.4) is 0 Å². The summed E-state index contributed by atoms with van der Waals surface area (Å²) in [6, 6.07) is 10.9. The fraction of sp³-hybridized carbons (Fsp3) is 0.200. The number of benzene rings is 1. The molecule has 2 heterocycles. The Morgan fingerprint density at radius 3 is 2.54 bits per heavy atom. The zero-order chi connectivity index (χ0) is 18.7. The number of ketones is 1. The fourth-order valence-corrected chi connectivity index (χ4v) is 3.46. The number of Topliss-reactive ketones (excluding diaryl/α,β-unsaturated/α-hetero) is 1. The topological polar surface area (TPSA) is 48.3 Å². The molecule has 0 aliphatic heterocycles. The highest BCUT2D eigenvalue weighted by molar-refractivity contribution is 7.09. The van der Waals surface area contributed by atoms with E-state index in [0.717, 1.165) is 11.4 Å². The molecule has 6 heteroatoms. The van der Waals surface area contributed by atoms with Gasteiger partial charge in [-0.1, -0.05) is 6.07 Å². The molecule has 4 nitrogen and oxygen atoms in total. The lowest BCUT2D eigenvalue weighted by atomic mass is 10.1. The Kier molecular flexibility index (Phi) is 5.32. The Labute approximate surface area is 154 Å². The molecule has 134 valence electrons. The zero-order valence-electron chi connectivity index (χ0n) is 14.5. The van der Waals surface area contributed by atoms with Crippen molar-refractivity contribution in [1.82, 2.24) is 4.57 Å². The quantitative estimate of drug-likeness (QED) is 0.477. The van der Waals surface area contributed by atoms with E-state index in [0.29, 0.717) is 12.1 Å². The second-order valence-corrected chi connectivity index (χ2v) is 6.99. The van der Waals surface area contributed by atoms with E-state index < -0.39 is 11.8 Å². The van der Waals surface area contributed by atoms with Gasteiger partial charge in [0.2, 0.25) is 5.78 Å². The molecule has 0 amide bonds. The number of ether oxygens (including phenoxy) is 1. The Hall–Kier alpha value is -2.73. The van der Waals surface area contributed by atoms with E-state index in [2.05, 4.69) is 10.6 Å². The average Bonchev–Trinajstić information content (AvgIpc) is 3.24. The smallest absolute Gasteiger partial charge is 0.338 e. The first-order chi connectivity index (χ1) is 12.5. The number of carbonyl (C=O) groups excluding carboxylic acids is 2. The van der Waals surface area contributed by atoms with Gasteiger partial charge < -0.3 is 9.30 Å². The van der Waals surface area contributed by atoms with Gasteiger partial charge in [-0.05, 0) is 55.6 Å². The molecule has 0 aliphatic rings. The lowest BCUT2D eigenvalue weighted by Gasteiger charge is -2.08. The number of carbonyl (C=O) groups is 2. The summed E-state index contributed by atoms with van der Waals surface area (Å²) in [6.07, 6.45) is 0. The summed E-state index contributed by atoms with van der Waals surface area (Å²) >= 11 is 1.66. The number of aryl methyl sites for hydroxylation is 1. The van der Waals surface area contributed by atoms with Gasteiger partial charge in [-0.2, -0.15) is 0 Å². The first kappa shape index (κ1) is 18.1. The van der Waals surface area contributed by atoms with Crippen molar-refractivity contribution in [2.75, 3.05) is 6.61 Å². The van der Waals surface area contributed by atoms with Crippen LogP contribution in [0.4, 0.5) is 4.39 Å². The largest absolute Gasteiger partial charge is 0.454 e. The third kappa shape index (κ3) is 3.91. The highest BCUT2D eigenvalue weighted by Crippen LogP contribution is 2.20. The van der Waals surface area contributed by atoms with Crippen LogP contribution in [0, 0.1) is 19.7 Å². The predicted octanol–water partition coefficient (Wildman–Crippen LogP) is 4.39. The van der Waals surface area contributed by atoms with Crippen LogP contribution in [-0.4, -0.2) is 22.9 Å². The molecule has 2 aromatic heterocycles. The maximum Gasteiger partial charge on any atom is 0.338 e. The summed E-state index contributed by atoms with van der Waals surface area (Å²) in [4.78, 5) is 25.6. The number of halogens is 1. The molecule has 3 rings (SSSR count). The zero-order valence-corrected chi connectivity index (χ0v) is 15.3. The molecule has 0 saturated carbocycles. The van der Waals surface area contributed by atoms with Gasteiger partial charge in [0.15, 0.2) is 6.61 Å². The van der Waals surface area contributed by atoms with Crippen LogP contribution in [-0.2, 0) is 11.3 Å². The SMILES string of the molecule is Cc1cc(C(=O)COC(=O)c2ccc(F)cc2)c(C)n1Cc1cccs1. The molecule has 0 atom stereocenters. The molecule has 0 bridgehead atoms.